The number of aromatic hydroxyl groups is 1. The zero-order valence-corrected chi connectivity index (χ0v) is 11.6. The molecule has 2 aromatic carbocycles. The van der Waals surface area contributed by atoms with E-state index in [0.717, 1.165) is 16.1 Å². The number of amides is 1. The molecule has 0 aliphatic carbocycles. The van der Waals surface area contributed by atoms with Crippen molar-refractivity contribution < 1.29 is 9.90 Å². The Balaban J connectivity index is 2.23. The third-order valence-corrected chi connectivity index (χ3v) is 3.62. The number of carbonyl (C=O) groups is 1. The lowest BCUT2D eigenvalue weighted by atomic mass is 10.1. The Hall–Kier alpha value is -1.94. The number of phenols is 1. The quantitative estimate of drug-likeness (QED) is 0.839. The Bertz CT molecular complexity index is 611. The molecular weight excluding hydrogens is 258 g/mol. The smallest absolute Gasteiger partial charge is 0.255 e. The maximum atomic E-state index is 12.1. The van der Waals surface area contributed by atoms with Gasteiger partial charge in [0.1, 0.15) is 5.75 Å². The number of para-hydroxylation sites is 1. The first-order valence-electron chi connectivity index (χ1n) is 5.86. The van der Waals surface area contributed by atoms with Crippen LogP contribution in [0.2, 0.25) is 0 Å². The van der Waals surface area contributed by atoms with E-state index in [1.165, 1.54) is 6.07 Å². The van der Waals surface area contributed by atoms with Crippen molar-refractivity contribution in [1.29, 1.82) is 0 Å². The summed E-state index contributed by atoms with van der Waals surface area (Å²) in [6, 6.07) is 12.5. The number of nitrogens with one attached hydrogen (secondary N) is 1. The van der Waals surface area contributed by atoms with Gasteiger partial charge >= 0.3 is 0 Å². The molecule has 0 saturated heterocycles. The van der Waals surface area contributed by atoms with E-state index in [1.807, 2.05) is 30.5 Å². The Morgan fingerprint density at radius 1 is 1.21 bits per heavy atom. The molecule has 0 aromatic heterocycles. The Labute approximate surface area is 116 Å². The van der Waals surface area contributed by atoms with Crippen LogP contribution in [0, 0.1) is 6.92 Å². The molecule has 2 aromatic rings. The molecule has 0 spiro atoms. The standard InChI is InChI=1S/C15H15NO2S/c1-10-7-8-11(9-13(10)17)15(18)16-12-5-3-4-6-14(12)19-2/h3-9,17H,1-2H3,(H,16,18). The van der Waals surface area contributed by atoms with Gasteiger partial charge in [0.05, 0.1) is 5.69 Å². The topological polar surface area (TPSA) is 49.3 Å². The van der Waals surface area contributed by atoms with Crippen molar-refractivity contribution >= 4 is 23.4 Å². The number of anilines is 1. The van der Waals surface area contributed by atoms with Crippen molar-refractivity contribution in [2.45, 2.75) is 11.8 Å². The molecular formula is C15H15NO2S. The average molecular weight is 273 g/mol. The van der Waals surface area contributed by atoms with E-state index < -0.39 is 0 Å². The Morgan fingerprint density at radius 3 is 2.63 bits per heavy atom. The monoisotopic (exact) mass is 273 g/mol. The van der Waals surface area contributed by atoms with Crippen LogP contribution in [0.1, 0.15) is 15.9 Å². The molecule has 0 bridgehead atoms. The summed E-state index contributed by atoms with van der Waals surface area (Å²) in [4.78, 5) is 13.1. The number of rotatable bonds is 3. The van der Waals surface area contributed by atoms with E-state index in [2.05, 4.69) is 5.32 Å². The highest BCUT2D eigenvalue weighted by atomic mass is 32.2. The molecule has 0 aliphatic rings. The summed E-state index contributed by atoms with van der Waals surface area (Å²) in [6.45, 7) is 1.79. The summed E-state index contributed by atoms with van der Waals surface area (Å²) in [5, 5.41) is 12.5. The Kier molecular flexibility index (Phi) is 4.12. The molecule has 3 nitrogen and oxygen atoms in total. The van der Waals surface area contributed by atoms with E-state index in [9.17, 15) is 9.90 Å². The lowest BCUT2D eigenvalue weighted by Gasteiger charge is -2.09. The van der Waals surface area contributed by atoms with Crippen LogP contribution in [0.25, 0.3) is 0 Å². The van der Waals surface area contributed by atoms with Crippen LogP contribution in [-0.4, -0.2) is 17.3 Å². The fraction of sp³-hybridized carbons (Fsp3) is 0.133. The third-order valence-electron chi connectivity index (χ3n) is 2.83. The summed E-state index contributed by atoms with van der Waals surface area (Å²) in [6.07, 6.45) is 1.96. The third kappa shape index (κ3) is 3.09. The predicted molar refractivity (Wildman–Crippen MR) is 79.0 cm³/mol. The average Bonchev–Trinajstić information content (AvgIpc) is 2.42. The van der Waals surface area contributed by atoms with Crippen molar-refractivity contribution in [3.05, 3.63) is 53.6 Å². The van der Waals surface area contributed by atoms with Gasteiger partial charge in [-0.2, -0.15) is 0 Å². The SMILES string of the molecule is CSc1ccccc1NC(=O)c1ccc(C)c(O)c1. The zero-order valence-electron chi connectivity index (χ0n) is 10.8. The molecule has 98 valence electrons. The summed E-state index contributed by atoms with van der Waals surface area (Å²) < 4.78 is 0. The maximum absolute atomic E-state index is 12.1. The highest BCUT2D eigenvalue weighted by molar-refractivity contribution is 7.98. The molecule has 19 heavy (non-hydrogen) atoms. The summed E-state index contributed by atoms with van der Waals surface area (Å²) in [7, 11) is 0. The molecule has 0 radical (unpaired) electrons. The number of thioether (sulfide) groups is 1. The second kappa shape index (κ2) is 5.80. The molecule has 0 unspecified atom stereocenters. The summed E-state index contributed by atoms with van der Waals surface area (Å²) in [5.41, 5.74) is 1.97. The van der Waals surface area contributed by atoms with Crippen LogP contribution < -0.4 is 5.32 Å². The number of hydrogen-bond donors (Lipinski definition) is 2. The molecule has 0 heterocycles. The molecule has 0 atom stereocenters. The van der Waals surface area contributed by atoms with E-state index in [4.69, 9.17) is 0 Å². The molecule has 2 N–H and O–H groups in total. The van der Waals surface area contributed by atoms with E-state index in [0.29, 0.717) is 5.56 Å². The van der Waals surface area contributed by atoms with Crippen LogP contribution >= 0.6 is 11.8 Å². The number of phenolic OH excluding ortho intramolecular Hbond substituents is 1. The first-order chi connectivity index (χ1) is 9.11. The fourth-order valence-corrected chi connectivity index (χ4v) is 2.25. The largest absolute Gasteiger partial charge is 0.508 e. The zero-order chi connectivity index (χ0) is 13.8. The van der Waals surface area contributed by atoms with Gasteiger partial charge in [-0.1, -0.05) is 18.2 Å². The Morgan fingerprint density at radius 2 is 1.95 bits per heavy atom. The maximum Gasteiger partial charge on any atom is 0.255 e. The number of benzene rings is 2. The van der Waals surface area contributed by atoms with Crippen LogP contribution in [0.5, 0.6) is 5.75 Å². The summed E-state index contributed by atoms with van der Waals surface area (Å²) >= 11 is 1.57. The van der Waals surface area contributed by atoms with Crippen LogP contribution in [0.3, 0.4) is 0 Å². The van der Waals surface area contributed by atoms with Gasteiger partial charge in [-0.15, -0.1) is 11.8 Å². The van der Waals surface area contributed by atoms with E-state index in [-0.39, 0.29) is 11.7 Å². The molecule has 2 rings (SSSR count). The lowest BCUT2D eigenvalue weighted by Crippen LogP contribution is -2.12. The minimum absolute atomic E-state index is 0.130. The van der Waals surface area contributed by atoms with E-state index in [1.54, 1.807) is 30.8 Å². The van der Waals surface area contributed by atoms with Gasteiger partial charge in [0.2, 0.25) is 0 Å². The second-order valence-corrected chi connectivity index (χ2v) is 5.00. The van der Waals surface area contributed by atoms with Gasteiger partial charge < -0.3 is 10.4 Å². The molecule has 4 heteroatoms. The lowest BCUT2D eigenvalue weighted by molar-refractivity contribution is 0.102. The van der Waals surface area contributed by atoms with Gasteiger partial charge in [0.25, 0.3) is 5.91 Å². The van der Waals surface area contributed by atoms with Gasteiger partial charge in [-0.3, -0.25) is 4.79 Å². The predicted octanol–water partition coefficient (Wildman–Crippen LogP) is 3.67. The van der Waals surface area contributed by atoms with Crippen LogP contribution in [0.4, 0.5) is 5.69 Å². The molecule has 0 aliphatic heterocycles. The minimum atomic E-state index is -0.225. The van der Waals surface area contributed by atoms with Gasteiger partial charge in [0, 0.05) is 10.5 Å². The van der Waals surface area contributed by atoms with Crippen molar-refractivity contribution in [1.82, 2.24) is 0 Å². The minimum Gasteiger partial charge on any atom is -0.508 e. The number of carbonyl (C=O) groups excluding carboxylic acids is 1. The highest BCUT2D eigenvalue weighted by Gasteiger charge is 2.10. The fourth-order valence-electron chi connectivity index (χ4n) is 1.69. The summed E-state index contributed by atoms with van der Waals surface area (Å²) in [5.74, 6) is -0.0948. The first kappa shape index (κ1) is 13.5. The normalized spacial score (nSPS) is 10.2. The molecule has 0 fully saturated rings. The number of aryl methyl sites for hydroxylation is 1. The second-order valence-electron chi connectivity index (χ2n) is 4.16. The molecule has 0 saturated carbocycles. The first-order valence-corrected chi connectivity index (χ1v) is 7.08. The van der Waals surface area contributed by atoms with Crippen molar-refractivity contribution in [3.63, 3.8) is 0 Å². The highest BCUT2D eigenvalue weighted by Crippen LogP contribution is 2.25. The van der Waals surface area contributed by atoms with Crippen molar-refractivity contribution in [2.24, 2.45) is 0 Å². The molecule has 1 amide bonds. The van der Waals surface area contributed by atoms with Crippen molar-refractivity contribution in [3.8, 4) is 5.75 Å². The number of hydrogen-bond acceptors (Lipinski definition) is 3. The van der Waals surface area contributed by atoms with Crippen molar-refractivity contribution in [2.75, 3.05) is 11.6 Å². The van der Waals surface area contributed by atoms with Gasteiger partial charge in [-0.05, 0) is 43.0 Å². The van der Waals surface area contributed by atoms with Crippen LogP contribution in [-0.2, 0) is 0 Å². The van der Waals surface area contributed by atoms with E-state index >= 15 is 0 Å². The van der Waals surface area contributed by atoms with Crippen LogP contribution in [0.15, 0.2) is 47.4 Å². The van der Waals surface area contributed by atoms with Gasteiger partial charge in [0.15, 0.2) is 0 Å². The van der Waals surface area contributed by atoms with Gasteiger partial charge in [-0.25, -0.2) is 0 Å².